The van der Waals surface area contributed by atoms with Crippen molar-refractivity contribution in [1.29, 1.82) is 0 Å². The highest BCUT2D eigenvalue weighted by Gasteiger charge is 2.37. The van der Waals surface area contributed by atoms with Gasteiger partial charge < -0.3 is 9.84 Å². The number of amides is 4. The van der Waals surface area contributed by atoms with E-state index >= 15 is 0 Å². The van der Waals surface area contributed by atoms with Crippen molar-refractivity contribution in [3.8, 4) is 5.75 Å². The SMILES string of the molecule is Cc1ccc(N2C(=O)NC(=O)/C(=C/c3ccccc3OCc3ccc(C(=O)O)cc3)C2=O)cc1Cl. The summed E-state index contributed by atoms with van der Waals surface area (Å²) in [6.45, 7) is 1.92. The lowest BCUT2D eigenvalue weighted by atomic mass is 10.1. The zero-order chi connectivity index (χ0) is 25.1. The van der Waals surface area contributed by atoms with Crippen LogP contribution in [0.25, 0.3) is 6.08 Å². The highest BCUT2D eigenvalue weighted by atomic mass is 35.5. The maximum absolute atomic E-state index is 13.2. The van der Waals surface area contributed by atoms with Crippen LogP contribution in [0.15, 0.2) is 72.3 Å². The lowest BCUT2D eigenvalue weighted by molar-refractivity contribution is -0.122. The van der Waals surface area contributed by atoms with Crippen LogP contribution in [0.2, 0.25) is 5.02 Å². The predicted octanol–water partition coefficient (Wildman–Crippen LogP) is 4.59. The van der Waals surface area contributed by atoms with Gasteiger partial charge in [0.1, 0.15) is 17.9 Å². The van der Waals surface area contributed by atoms with Crippen molar-refractivity contribution in [1.82, 2.24) is 5.32 Å². The first-order valence-electron chi connectivity index (χ1n) is 10.5. The fourth-order valence-electron chi connectivity index (χ4n) is 3.40. The Hall–Kier alpha value is -4.43. The molecule has 9 heteroatoms. The van der Waals surface area contributed by atoms with Crippen molar-refractivity contribution in [2.24, 2.45) is 0 Å². The number of rotatable bonds is 6. The number of aryl methyl sites for hydroxylation is 1. The molecule has 1 heterocycles. The third-order valence-electron chi connectivity index (χ3n) is 5.33. The van der Waals surface area contributed by atoms with Gasteiger partial charge in [-0.2, -0.15) is 0 Å². The number of carboxylic acid groups (broad SMARTS) is 1. The molecule has 3 aromatic carbocycles. The second-order valence-electron chi connectivity index (χ2n) is 7.72. The summed E-state index contributed by atoms with van der Waals surface area (Å²) in [5.41, 5.74) is 2.10. The predicted molar refractivity (Wildman–Crippen MR) is 129 cm³/mol. The van der Waals surface area contributed by atoms with Gasteiger partial charge in [-0.05, 0) is 54.5 Å². The van der Waals surface area contributed by atoms with E-state index in [0.29, 0.717) is 16.3 Å². The van der Waals surface area contributed by atoms with Gasteiger partial charge in [-0.3, -0.25) is 14.9 Å². The van der Waals surface area contributed by atoms with Gasteiger partial charge in [-0.15, -0.1) is 0 Å². The Kier molecular flexibility index (Phi) is 6.66. The molecule has 35 heavy (non-hydrogen) atoms. The smallest absolute Gasteiger partial charge is 0.335 e. The van der Waals surface area contributed by atoms with E-state index in [4.69, 9.17) is 21.4 Å². The molecule has 0 saturated carbocycles. The number of para-hydroxylation sites is 1. The van der Waals surface area contributed by atoms with E-state index in [1.54, 1.807) is 55.5 Å². The molecule has 0 aromatic heterocycles. The van der Waals surface area contributed by atoms with Gasteiger partial charge >= 0.3 is 12.0 Å². The number of barbiturate groups is 1. The second-order valence-corrected chi connectivity index (χ2v) is 8.13. The monoisotopic (exact) mass is 490 g/mol. The third kappa shape index (κ3) is 5.07. The van der Waals surface area contributed by atoms with Crippen molar-refractivity contribution in [2.45, 2.75) is 13.5 Å². The van der Waals surface area contributed by atoms with Gasteiger partial charge in [-0.1, -0.05) is 48.0 Å². The third-order valence-corrected chi connectivity index (χ3v) is 5.74. The van der Waals surface area contributed by atoms with Crippen molar-refractivity contribution >= 4 is 47.2 Å². The summed E-state index contributed by atoms with van der Waals surface area (Å²) in [5.74, 6) is -2.25. The van der Waals surface area contributed by atoms with Crippen molar-refractivity contribution in [3.63, 3.8) is 0 Å². The number of nitrogens with zero attached hydrogens (tertiary/aromatic N) is 1. The van der Waals surface area contributed by atoms with E-state index in [-0.39, 0.29) is 23.4 Å². The topological polar surface area (TPSA) is 113 Å². The average molecular weight is 491 g/mol. The number of benzene rings is 3. The van der Waals surface area contributed by atoms with E-state index in [2.05, 4.69) is 5.32 Å². The molecule has 0 spiro atoms. The molecular weight excluding hydrogens is 472 g/mol. The zero-order valence-electron chi connectivity index (χ0n) is 18.4. The van der Waals surface area contributed by atoms with E-state index in [1.807, 2.05) is 0 Å². The minimum absolute atomic E-state index is 0.132. The van der Waals surface area contributed by atoms with Gasteiger partial charge in [0.05, 0.1) is 11.3 Å². The van der Waals surface area contributed by atoms with Crippen molar-refractivity contribution in [2.75, 3.05) is 4.90 Å². The standard InChI is InChI=1S/C26H19ClN2O6/c1-15-6-11-19(13-21(15)27)29-24(31)20(23(30)28-26(29)34)12-18-4-2-3-5-22(18)35-14-16-7-9-17(10-8-16)25(32)33/h2-13H,14H2,1H3,(H,32,33)(H,28,30,34)/b20-12-. The molecule has 0 atom stereocenters. The number of aromatic carboxylic acids is 1. The normalized spacial score (nSPS) is 14.7. The van der Waals surface area contributed by atoms with Crippen LogP contribution in [0.5, 0.6) is 5.75 Å². The highest BCUT2D eigenvalue weighted by molar-refractivity contribution is 6.39. The number of carbonyl (C=O) groups is 4. The van der Waals surface area contributed by atoms with Crippen LogP contribution >= 0.6 is 11.6 Å². The number of ether oxygens (including phenoxy) is 1. The molecule has 8 nitrogen and oxygen atoms in total. The summed E-state index contributed by atoms with van der Waals surface area (Å²) >= 11 is 6.16. The molecule has 176 valence electrons. The van der Waals surface area contributed by atoms with Crippen LogP contribution in [-0.2, 0) is 16.2 Å². The molecule has 0 unspecified atom stereocenters. The van der Waals surface area contributed by atoms with Crippen LogP contribution in [0.4, 0.5) is 10.5 Å². The Morgan fingerprint density at radius 1 is 1.06 bits per heavy atom. The number of imide groups is 2. The van der Waals surface area contributed by atoms with E-state index in [9.17, 15) is 19.2 Å². The number of halogens is 1. The molecular formula is C26H19ClN2O6. The number of urea groups is 1. The molecule has 0 aliphatic carbocycles. The number of carboxylic acids is 1. The number of nitrogens with one attached hydrogen (secondary N) is 1. The molecule has 3 aromatic rings. The quantitative estimate of drug-likeness (QED) is 0.386. The Morgan fingerprint density at radius 2 is 1.77 bits per heavy atom. The summed E-state index contributed by atoms with van der Waals surface area (Å²) in [5, 5.41) is 11.6. The minimum Gasteiger partial charge on any atom is -0.488 e. The molecule has 4 rings (SSSR count). The summed E-state index contributed by atoms with van der Waals surface area (Å²) in [7, 11) is 0. The Balaban J connectivity index is 1.61. The molecule has 2 N–H and O–H groups in total. The van der Waals surface area contributed by atoms with Crippen LogP contribution < -0.4 is 15.0 Å². The maximum Gasteiger partial charge on any atom is 0.335 e. The van der Waals surface area contributed by atoms with Crippen LogP contribution in [-0.4, -0.2) is 28.9 Å². The fourth-order valence-corrected chi connectivity index (χ4v) is 3.58. The molecule has 1 fully saturated rings. The molecule has 1 saturated heterocycles. The average Bonchev–Trinajstić information content (AvgIpc) is 2.83. The van der Waals surface area contributed by atoms with Crippen LogP contribution in [0.3, 0.4) is 0 Å². The summed E-state index contributed by atoms with van der Waals surface area (Å²) in [6.07, 6.45) is 1.36. The van der Waals surface area contributed by atoms with Gasteiger partial charge in [-0.25, -0.2) is 14.5 Å². The first-order valence-corrected chi connectivity index (χ1v) is 10.8. The lowest BCUT2D eigenvalue weighted by Gasteiger charge is -2.26. The van der Waals surface area contributed by atoms with Gasteiger partial charge in [0, 0.05) is 10.6 Å². The summed E-state index contributed by atoms with van der Waals surface area (Å²) in [4.78, 5) is 50.0. The van der Waals surface area contributed by atoms with Crippen LogP contribution in [0, 0.1) is 6.92 Å². The number of hydrogen-bond acceptors (Lipinski definition) is 5. The largest absolute Gasteiger partial charge is 0.488 e. The number of hydrogen-bond donors (Lipinski definition) is 2. The first-order chi connectivity index (χ1) is 16.7. The van der Waals surface area contributed by atoms with Crippen molar-refractivity contribution < 1.29 is 29.0 Å². The molecule has 0 bridgehead atoms. The summed E-state index contributed by atoms with van der Waals surface area (Å²) < 4.78 is 5.86. The Morgan fingerprint density at radius 3 is 2.46 bits per heavy atom. The fraction of sp³-hybridized carbons (Fsp3) is 0.0769. The van der Waals surface area contributed by atoms with E-state index in [0.717, 1.165) is 16.0 Å². The second kappa shape index (κ2) is 9.82. The van der Waals surface area contributed by atoms with Gasteiger partial charge in [0.2, 0.25) is 0 Å². The highest BCUT2D eigenvalue weighted by Crippen LogP contribution is 2.28. The molecule has 1 aliphatic rings. The summed E-state index contributed by atoms with van der Waals surface area (Å²) in [6, 6.07) is 16.9. The Labute approximate surface area is 205 Å². The molecule has 4 amide bonds. The minimum atomic E-state index is -1.02. The van der Waals surface area contributed by atoms with Crippen molar-refractivity contribution in [3.05, 3.63) is 99.6 Å². The lowest BCUT2D eigenvalue weighted by Crippen LogP contribution is -2.54. The zero-order valence-corrected chi connectivity index (χ0v) is 19.2. The molecule has 1 aliphatic heterocycles. The molecule has 0 radical (unpaired) electrons. The van der Waals surface area contributed by atoms with E-state index in [1.165, 1.54) is 24.3 Å². The van der Waals surface area contributed by atoms with Gasteiger partial charge in [0.15, 0.2) is 0 Å². The number of carbonyl (C=O) groups excluding carboxylic acids is 3. The maximum atomic E-state index is 13.2. The van der Waals surface area contributed by atoms with Gasteiger partial charge in [0.25, 0.3) is 11.8 Å². The van der Waals surface area contributed by atoms with E-state index < -0.39 is 23.8 Å². The Bertz CT molecular complexity index is 1380. The number of anilines is 1. The van der Waals surface area contributed by atoms with Crippen LogP contribution in [0.1, 0.15) is 27.0 Å². The first kappa shape index (κ1) is 23.7.